The quantitative estimate of drug-likeness (QED) is 0.425. The molecule has 1 aromatic heterocycles. The van der Waals surface area contributed by atoms with Crippen LogP contribution in [0, 0.1) is 27.7 Å². The second kappa shape index (κ2) is 11.1. The van der Waals surface area contributed by atoms with Gasteiger partial charge in [0.15, 0.2) is 12.4 Å². The van der Waals surface area contributed by atoms with Crippen molar-refractivity contribution in [1.29, 1.82) is 0 Å². The highest BCUT2D eigenvalue weighted by Gasteiger charge is 2.16. The van der Waals surface area contributed by atoms with Crippen LogP contribution in [0.2, 0.25) is 0 Å². The van der Waals surface area contributed by atoms with Crippen molar-refractivity contribution in [1.82, 2.24) is 5.32 Å². The molecule has 0 fully saturated rings. The molecule has 9 nitrogen and oxygen atoms in total. The average Bonchev–Trinajstić information content (AvgIpc) is 3.35. The number of hydrogen-bond acceptors (Lipinski definition) is 6. The Kier molecular flexibility index (Phi) is 8.04. The van der Waals surface area contributed by atoms with Crippen molar-refractivity contribution >= 4 is 35.1 Å². The van der Waals surface area contributed by atoms with Crippen LogP contribution in [-0.2, 0) is 14.3 Å². The Morgan fingerprint density at radius 3 is 2.23 bits per heavy atom. The number of rotatable bonds is 8. The van der Waals surface area contributed by atoms with Gasteiger partial charge in [0.05, 0.1) is 18.4 Å². The van der Waals surface area contributed by atoms with Crippen LogP contribution in [0.1, 0.15) is 43.2 Å². The van der Waals surface area contributed by atoms with Crippen LogP contribution in [-0.4, -0.2) is 36.8 Å². The van der Waals surface area contributed by atoms with E-state index in [-0.39, 0.29) is 17.9 Å². The zero-order valence-corrected chi connectivity index (χ0v) is 20.0. The van der Waals surface area contributed by atoms with E-state index in [4.69, 9.17) is 9.15 Å². The predicted molar refractivity (Wildman–Crippen MR) is 130 cm³/mol. The molecule has 0 radical (unpaired) electrons. The van der Waals surface area contributed by atoms with Gasteiger partial charge in [-0.25, -0.2) is 4.79 Å². The van der Waals surface area contributed by atoms with E-state index in [1.807, 2.05) is 32.9 Å². The lowest BCUT2D eigenvalue weighted by atomic mass is 10.1. The Morgan fingerprint density at radius 2 is 1.57 bits per heavy atom. The highest BCUT2D eigenvalue weighted by Crippen LogP contribution is 2.22. The molecule has 0 aliphatic rings. The fourth-order valence-corrected chi connectivity index (χ4v) is 3.48. The lowest BCUT2D eigenvalue weighted by molar-refractivity contribution is -0.126. The van der Waals surface area contributed by atoms with Gasteiger partial charge in [-0.3, -0.25) is 14.4 Å². The monoisotopic (exact) mass is 477 g/mol. The number of aryl methyl sites for hydroxylation is 4. The Bertz CT molecular complexity index is 1240. The van der Waals surface area contributed by atoms with Crippen LogP contribution in [0.25, 0.3) is 0 Å². The van der Waals surface area contributed by atoms with Gasteiger partial charge >= 0.3 is 5.97 Å². The standard InChI is InChI=1S/C26H27N3O6/c1-15-10-17(3)24(18(4)11-15)29-22(30)13-27-23(31)14-35-26(33)19-8-7-16(2)20(12-19)28-25(32)21-6-5-9-34-21/h5-12H,13-14H2,1-4H3,(H,27,31)(H,28,32)(H,29,30). The molecule has 0 spiro atoms. The summed E-state index contributed by atoms with van der Waals surface area (Å²) in [6, 6.07) is 11.7. The lowest BCUT2D eigenvalue weighted by Crippen LogP contribution is -2.35. The van der Waals surface area contributed by atoms with Crippen LogP contribution >= 0.6 is 0 Å². The van der Waals surface area contributed by atoms with Crippen molar-refractivity contribution < 1.29 is 28.3 Å². The number of ether oxygens (including phenoxy) is 1. The summed E-state index contributed by atoms with van der Waals surface area (Å²) in [5, 5.41) is 7.88. The number of furan rings is 1. The van der Waals surface area contributed by atoms with Crippen molar-refractivity contribution in [3.05, 3.63) is 82.3 Å². The summed E-state index contributed by atoms with van der Waals surface area (Å²) < 4.78 is 10.1. The molecule has 3 rings (SSSR count). The molecule has 0 aliphatic heterocycles. The van der Waals surface area contributed by atoms with Gasteiger partial charge in [-0.1, -0.05) is 23.8 Å². The van der Waals surface area contributed by atoms with E-state index in [1.54, 1.807) is 19.1 Å². The van der Waals surface area contributed by atoms with Crippen LogP contribution in [0.15, 0.2) is 53.1 Å². The molecule has 182 valence electrons. The number of hydrogen-bond donors (Lipinski definition) is 3. The van der Waals surface area contributed by atoms with E-state index in [0.29, 0.717) is 11.4 Å². The Hall–Kier alpha value is -4.40. The van der Waals surface area contributed by atoms with E-state index >= 15 is 0 Å². The van der Waals surface area contributed by atoms with Crippen LogP contribution in [0.4, 0.5) is 11.4 Å². The second-order valence-corrected chi connectivity index (χ2v) is 8.14. The molecule has 0 saturated carbocycles. The van der Waals surface area contributed by atoms with E-state index < -0.39 is 30.3 Å². The van der Waals surface area contributed by atoms with Crippen molar-refractivity contribution in [2.75, 3.05) is 23.8 Å². The predicted octanol–water partition coefficient (Wildman–Crippen LogP) is 3.68. The van der Waals surface area contributed by atoms with Gasteiger partial charge in [-0.2, -0.15) is 0 Å². The summed E-state index contributed by atoms with van der Waals surface area (Å²) in [6.45, 7) is 6.71. The van der Waals surface area contributed by atoms with Gasteiger partial charge in [-0.05, 0) is 68.7 Å². The largest absolute Gasteiger partial charge is 0.459 e. The van der Waals surface area contributed by atoms with E-state index in [0.717, 1.165) is 22.3 Å². The van der Waals surface area contributed by atoms with Gasteiger partial charge < -0.3 is 25.1 Å². The lowest BCUT2D eigenvalue weighted by Gasteiger charge is -2.13. The Balaban J connectivity index is 1.50. The molecular formula is C26H27N3O6. The third-order valence-electron chi connectivity index (χ3n) is 5.19. The summed E-state index contributed by atoms with van der Waals surface area (Å²) >= 11 is 0. The van der Waals surface area contributed by atoms with Gasteiger partial charge in [0.25, 0.3) is 11.8 Å². The zero-order valence-electron chi connectivity index (χ0n) is 20.0. The smallest absolute Gasteiger partial charge is 0.338 e. The fraction of sp³-hybridized carbons (Fsp3) is 0.231. The highest BCUT2D eigenvalue weighted by molar-refractivity contribution is 6.03. The molecular weight excluding hydrogens is 450 g/mol. The normalized spacial score (nSPS) is 10.4. The molecule has 0 bridgehead atoms. The molecule has 0 saturated heterocycles. The molecule has 9 heteroatoms. The molecule has 1 heterocycles. The zero-order chi connectivity index (χ0) is 25.5. The van der Waals surface area contributed by atoms with Crippen molar-refractivity contribution in [2.45, 2.75) is 27.7 Å². The number of carbonyl (C=O) groups is 4. The highest BCUT2D eigenvalue weighted by atomic mass is 16.5. The van der Waals surface area contributed by atoms with Crippen molar-refractivity contribution in [2.24, 2.45) is 0 Å². The number of anilines is 2. The minimum atomic E-state index is -0.746. The maximum Gasteiger partial charge on any atom is 0.338 e. The van der Waals surface area contributed by atoms with Gasteiger partial charge in [0.2, 0.25) is 5.91 Å². The number of esters is 1. The molecule has 0 atom stereocenters. The molecule has 35 heavy (non-hydrogen) atoms. The first-order valence-corrected chi connectivity index (χ1v) is 10.9. The van der Waals surface area contributed by atoms with Crippen molar-refractivity contribution in [3.63, 3.8) is 0 Å². The fourth-order valence-electron chi connectivity index (χ4n) is 3.48. The number of benzene rings is 2. The van der Waals surface area contributed by atoms with Crippen LogP contribution in [0.5, 0.6) is 0 Å². The van der Waals surface area contributed by atoms with E-state index in [1.165, 1.54) is 24.5 Å². The molecule has 3 N–H and O–H groups in total. The first kappa shape index (κ1) is 25.2. The third-order valence-corrected chi connectivity index (χ3v) is 5.19. The average molecular weight is 478 g/mol. The van der Waals surface area contributed by atoms with Crippen molar-refractivity contribution in [3.8, 4) is 0 Å². The summed E-state index contributed by atoms with van der Waals surface area (Å²) in [6.07, 6.45) is 1.38. The van der Waals surface area contributed by atoms with Gasteiger partial charge in [0.1, 0.15) is 0 Å². The maximum atomic E-state index is 12.4. The first-order valence-electron chi connectivity index (χ1n) is 10.9. The minimum Gasteiger partial charge on any atom is -0.459 e. The van der Waals surface area contributed by atoms with Gasteiger partial charge in [0, 0.05) is 11.4 Å². The second-order valence-electron chi connectivity index (χ2n) is 8.14. The minimum absolute atomic E-state index is 0.130. The number of amides is 3. The van der Waals surface area contributed by atoms with E-state index in [9.17, 15) is 19.2 Å². The summed E-state index contributed by atoms with van der Waals surface area (Å²) in [5.74, 6) is -2.09. The summed E-state index contributed by atoms with van der Waals surface area (Å²) in [4.78, 5) is 48.9. The SMILES string of the molecule is Cc1cc(C)c(NC(=O)CNC(=O)COC(=O)c2ccc(C)c(NC(=O)c3ccco3)c2)c(C)c1. The Labute approximate surface area is 202 Å². The summed E-state index contributed by atoms with van der Waals surface area (Å²) in [7, 11) is 0. The molecule has 3 amide bonds. The van der Waals surface area contributed by atoms with Gasteiger partial charge in [-0.15, -0.1) is 0 Å². The van der Waals surface area contributed by atoms with Crippen LogP contribution < -0.4 is 16.0 Å². The van der Waals surface area contributed by atoms with E-state index in [2.05, 4.69) is 16.0 Å². The summed E-state index contributed by atoms with van der Waals surface area (Å²) in [5.41, 5.74) is 4.93. The maximum absolute atomic E-state index is 12.4. The first-order chi connectivity index (χ1) is 16.6. The number of nitrogens with one attached hydrogen (secondary N) is 3. The Morgan fingerprint density at radius 1 is 0.857 bits per heavy atom. The van der Waals surface area contributed by atoms with Crippen LogP contribution in [0.3, 0.4) is 0 Å². The number of carbonyl (C=O) groups excluding carboxylic acids is 4. The topological polar surface area (TPSA) is 127 Å². The molecule has 2 aromatic carbocycles. The molecule has 0 aliphatic carbocycles. The molecule has 3 aromatic rings. The molecule has 0 unspecified atom stereocenters. The third kappa shape index (κ3) is 6.80.